The maximum absolute atomic E-state index is 12.7. The number of halogens is 1. The Balaban J connectivity index is 1.38. The van der Waals surface area contributed by atoms with Crippen molar-refractivity contribution in [1.82, 2.24) is 4.90 Å². The van der Waals surface area contributed by atoms with Gasteiger partial charge < -0.3 is 19.1 Å². The number of hydrogen-bond acceptors (Lipinski definition) is 4. The number of hydrogen-bond donors (Lipinski definition) is 0. The molecule has 2 aromatic carbocycles. The maximum atomic E-state index is 12.7. The van der Waals surface area contributed by atoms with Gasteiger partial charge in [-0.05, 0) is 37.6 Å². The molecule has 0 spiro atoms. The lowest BCUT2D eigenvalue weighted by molar-refractivity contribution is -0.141. The number of nitrogens with zero attached hydrogens (tertiary/aromatic N) is 1. The van der Waals surface area contributed by atoms with Gasteiger partial charge in [-0.15, -0.1) is 0 Å². The van der Waals surface area contributed by atoms with Crippen molar-refractivity contribution >= 4 is 17.5 Å². The molecule has 148 valence electrons. The Kier molecular flexibility index (Phi) is 5.21. The van der Waals surface area contributed by atoms with Crippen LogP contribution in [0.5, 0.6) is 11.5 Å². The molecule has 28 heavy (non-hydrogen) atoms. The first kappa shape index (κ1) is 19.1. The van der Waals surface area contributed by atoms with E-state index >= 15 is 0 Å². The molecule has 2 aliphatic rings. The third-order valence-corrected chi connectivity index (χ3v) is 5.32. The Morgan fingerprint density at radius 1 is 1.25 bits per heavy atom. The zero-order chi connectivity index (χ0) is 19.7. The Morgan fingerprint density at radius 2 is 2.04 bits per heavy atom. The van der Waals surface area contributed by atoms with Crippen LogP contribution in [0.3, 0.4) is 0 Å². The molecule has 0 aromatic heterocycles. The number of carbonyl (C=O) groups excluding carboxylic acids is 1. The summed E-state index contributed by atoms with van der Waals surface area (Å²) in [5.41, 5.74) is 1.88. The molecule has 0 saturated carbocycles. The third kappa shape index (κ3) is 4.10. The normalized spacial score (nSPS) is 20.4. The number of ether oxygens (including phenoxy) is 3. The van der Waals surface area contributed by atoms with E-state index in [0.29, 0.717) is 30.5 Å². The van der Waals surface area contributed by atoms with E-state index in [1.54, 1.807) is 4.90 Å². The summed E-state index contributed by atoms with van der Waals surface area (Å²) in [6.45, 7) is 5.63. The van der Waals surface area contributed by atoms with Gasteiger partial charge in [-0.3, -0.25) is 4.79 Å². The second-order valence-corrected chi connectivity index (χ2v) is 8.26. The SMILES string of the molecule is CC1(C)Cc2cccc(OCC(=O)N3CCOC(c4ccc(Cl)cc4)C3)c2O1. The highest BCUT2D eigenvalue weighted by atomic mass is 35.5. The van der Waals surface area contributed by atoms with Crippen LogP contribution in [0.4, 0.5) is 0 Å². The minimum Gasteiger partial charge on any atom is -0.483 e. The van der Waals surface area contributed by atoms with Crippen molar-refractivity contribution in [3.8, 4) is 11.5 Å². The van der Waals surface area contributed by atoms with Gasteiger partial charge in [0.05, 0.1) is 13.2 Å². The van der Waals surface area contributed by atoms with E-state index in [4.69, 9.17) is 25.8 Å². The highest BCUT2D eigenvalue weighted by Crippen LogP contribution is 2.41. The molecule has 2 aromatic rings. The summed E-state index contributed by atoms with van der Waals surface area (Å²) >= 11 is 5.95. The Hall–Kier alpha value is -2.24. The first-order chi connectivity index (χ1) is 13.4. The molecule has 0 N–H and O–H groups in total. The zero-order valence-corrected chi connectivity index (χ0v) is 16.9. The average molecular weight is 402 g/mol. The standard InChI is InChI=1S/C22H24ClNO4/c1-22(2)12-16-4-3-5-18(21(16)28-22)27-14-20(25)24-10-11-26-19(13-24)15-6-8-17(23)9-7-15/h3-9,19H,10-14H2,1-2H3. The van der Waals surface area contributed by atoms with Gasteiger partial charge in [0.1, 0.15) is 11.7 Å². The lowest BCUT2D eigenvalue weighted by Gasteiger charge is -2.33. The van der Waals surface area contributed by atoms with E-state index in [1.165, 1.54) is 0 Å². The molecule has 1 fully saturated rings. The lowest BCUT2D eigenvalue weighted by atomic mass is 10.0. The van der Waals surface area contributed by atoms with Gasteiger partial charge in [0, 0.05) is 23.6 Å². The summed E-state index contributed by atoms with van der Waals surface area (Å²) in [4.78, 5) is 14.5. The third-order valence-electron chi connectivity index (χ3n) is 5.07. The van der Waals surface area contributed by atoms with Crippen molar-refractivity contribution in [2.75, 3.05) is 26.3 Å². The van der Waals surface area contributed by atoms with Gasteiger partial charge in [-0.2, -0.15) is 0 Å². The van der Waals surface area contributed by atoms with Crippen LogP contribution in [0.25, 0.3) is 0 Å². The summed E-state index contributed by atoms with van der Waals surface area (Å²) in [7, 11) is 0. The van der Waals surface area contributed by atoms with Gasteiger partial charge >= 0.3 is 0 Å². The number of benzene rings is 2. The largest absolute Gasteiger partial charge is 0.483 e. The highest BCUT2D eigenvalue weighted by molar-refractivity contribution is 6.30. The highest BCUT2D eigenvalue weighted by Gasteiger charge is 2.32. The molecule has 1 saturated heterocycles. The zero-order valence-electron chi connectivity index (χ0n) is 16.1. The van der Waals surface area contributed by atoms with Crippen LogP contribution in [0, 0.1) is 0 Å². The molecule has 1 amide bonds. The fraction of sp³-hybridized carbons (Fsp3) is 0.409. The molecule has 4 rings (SSSR count). The Bertz CT molecular complexity index is 865. The number of amides is 1. The maximum Gasteiger partial charge on any atom is 0.260 e. The fourth-order valence-electron chi connectivity index (χ4n) is 3.69. The number of fused-ring (bicyclic) bond motifs is 1. The van der Waals surface area contributed by atoms with Crippen LogP contribution in [-0.4, -0.2) is 42.7 Å². The van der Waals surface area contributed by atoms with Crippen molar-refractivity contribution in [2.24, 2.45) is 0 Å². The second kappa shape index (κ2) is 7.64. The topological polar surface area (TPSA) is 48.0 Å². The van der Waals surface area contributed by atoms with Crippen molar-refractivity contribution < 1.29 is 19.0 Å². The Labute approximate surface area is 170 Å². The van der Waals surface area contributed by atoms with Crippen LogP contribution >= 0.6 is 11.6 Å². The van der Waals surface area contributed by atoms with Crippen molar-refractivity contribution in [3.63, 3.8) is 0 Å². The first-order valence-corrected chi connectivity index (χ1v) is 9.88. The number of morpholine rings is 1. The average Bonchev–Trinajstić information content (AvgIpc) is 3.01. The fourth-order valence-corrected chi connectivity index (χ4v) is 3.81. The van der Waals surface area contributed by atoms with Gasteiger partial charge in [0.25, 0.3) is 5.91 Å². The van der Waals surface area contributed by atoms with E-state index in [1.807, 2.05) is 56.3 Å². The monoisotopic (exact) mass is 401 g/mol. The van der Waals surface area contributed by atoms with Gasteiger partial charge in [-0.1, -0.05) is 35.9 Å². The smallest absolute Gasteiger partial charge is 0.260 e. The predicted molar refractivity (Wildman–Crippen MR) is 107 cm³/mol. The van der Waals surface area contributed by atoms with Gasteiger partial charge in [-0.25, -0.2) is 0 Å². The quantitative estimate of drug-likeness (QED) is 0.776. The minimum atomic E-state index is -0.248. The first-order valence-electron chi connectivity index (χ1n) is 9.50. The second-order valence-electron chi connectivity index (χ2n) is 7.82. The number of rotatable bonds is 4. The van der Waals surface area contributed by atoms with Crippen molar-refractivity contribution in [3.05, 3.63) is 58.6 Å². The van der Waals surface area contributed by atoms with Crippen LogP contribution in [-0.2, 0) is 16.0 Å². The molecule has 0 bridgehead atoms. The number of carbonyl (C=O) groups is 1. The molecule has 2 heterocycles. The summed E-state index contributed by atoms with van der Waals surface area (Å²) in [5, 5.41) is 0.682. The van der Waals surface area contributed by atoms with Gasteiger partial charge in [0.15, 0.2) is 18.1 Å². The molecule has 6 heteroatoms. The molecule has 2 aliphatic heterocycles. The van der Waals surface area contributed by atoms with Crippen molar-refractivity contribution in [1.29, 1.82) is 0 Å². The summed E-state index contributed by atoms with van der Waals surface area (Å²) in [6, 6.07) is 13.4. The molecular weight excluding hydrogens is 378 g/mol. The van der Waals surface area contributed by atoms with Crippen molar-refractivity contribution in [2.45, 2.75) is 32.0 Å². The Morgan fingerprint density at radius 3 is 2.82 bits per heavy atom. The molecule has 5 nitrogen and oxygen atoms in total. The molecule has 0 aliphatic carbocycles. The molecular formula is C22H24ClNO4. The van der Waals surface area contributed by atoms with Gasteiger partial charge in [0.2, 0.25) is 0 Å². The van der Waals surface area contributed by atoms with E-state index in [-0.39, 0.29) is 24.2 Å². The predicted octanol–water partition coefficient (Wildman–Crippen LogP) is 4.03. The van der Waals surface area contributed by atoms with Crippen LogP contribution in [0.15, 0.2) is 42.5 Å². The summed E-state index contributed by atoms with van der Waals surface area (Å²) in [6.07, 6.45) is 0.680. The molecule has 0 radical (unpaired) electrons. The van der Waals surface area contributed by atoms with Crippen LogP contribution in [0.1, 0.15) is 31.1 Å². The minimum absolute atomic E-state index is 0.0203. The lowest BCUT2D eigenvalue weighted by Crippen LogP contribution is -2.44. The number of para-hydroxylation sites is 1. The van der Waals surface area contributed by atoms with E-state index in [0.717, 1.165) is 23.3 Å². The van der Waals surface area contributed by atoms with E-state index < -0.39 is 0 Å². The summed E-state index contributed by atoms with van der Waals surface area (Å²) < 4.78 is 17.7. The molecule has 1 unspecified atom stereocenters. The van der Waals surface area contributed by atoms with E-state index in [9.17, 15) is 4.79 Å². The summed E-state index contributed by atoms with van der Waals surface area (Å²) in [5.74, 6) is 1.32. The van der Waals surface area contributed by atoms with E-state index in [2.05, 4.69) is 0 Å². The van der Waals surface area contributed by atoms with Crippen LogP contribution in [0.2, 0.25) is 5.02 Å². The van der Waals surface area contributed by atoms with Crippen LogP contribution < -0.4 is 9.47 Å². The molecule has 1 atom stereocenters.